The van der Waals surface area contributed by atoms with Crippen LogP contribution in [0.1, 0.15) is 21.7 Å². The van der Waals surface area contributed by atoms with Crippen LogP contribution in [-0.2, 0) is 11.2 Å². The average molecular weight is 257 g/mol. The summed E-state index contributed by atoms with van der Waals surface area (Å²) in [6.07, 6.45) is 0.361. The summed E-state index contributed by atoms with van der Waals surface area (Å²) in [5.41, 5.74) is 2.05. The van der Waals surface area contributed by atoms with Gasteiger partial charge < -0.3 is 15.2 Å². The molecule has 6 nitrogen and oxygen atoms in total. The van der Waals surface area contributed by atoms with E-state index >= 15 is 0 Å². The maximum absolute atomic E-state index is 12.0. The van der Waals surface area contributed by atoms with Crippen molar-refractivity contribution in [2.75, 3.05) is 10.6 Å². The number of aromatic nitrogens is 1. The molecule has 0 bridgehead atoms. The van der Waals surface area contributed by atoms with Crippen molar-refractivity contribution in [1.82, 2.24) is 5.16 Å². The number of rotatable bonds is 2. The number of carbonyl (C=O) groups is 2. The van der Waals surface area contributed by atoms with Crippen LogP contribution in [0.5, 0.6) is 0 Å². The lowest BCUT2D eigenvalue weighted by molar-refractivity contribution is -0.115. The molecule has 0 radical (unpaired) electrons. The highest BCUT2D eigenvalue weighted by Crippen LogP contribution is 2.24. The Morgan fingerprint density at radius 3 is 3.00 bits per heavy atom. The highest BCUT2D eigenvalue weighted by atomic mass is 16.5. The molecule has 0 saturated heterocycles. The van der Waals surface area contributed by atoms with Crippen LogP contribution in [0.4, 0.5) is 11.5 Å². The zero-order chi connectivity index (χ0) is 13.4. The molecule has 2 aromatic rings. The Kier molecular flexibility index (Phi) is 2.56. The Morgan fingerprint density at radius 1 is 1.42 bits per heavy atom. The van der Waals surface area contributed by atoms with Gasteiger partial charge in [-0.05, 0) is 24.6 Å². The summed E-state index contributed by atoms with van der Waals surface area (Å²) in [7, 11) is 0. The van der Waals surface area contributed by atoms with Crippen molar-refractivity contribution in [3.63, 3.8) is 0 Å². The van der Waals surface area contributed by atoms with Gasteiger partial charge in [-0.15, -0.1) is 0 Å². The van der Waals surface area contributed by atoms with Crippen LogP contribution < -0.4 is 10.6 Å². The summed E-state index contributed by atoms with van der Waals surface area (Å²) in [6, 6.07) is 6.74. The zero-order valence-corrected chi connectivity index (χ0v) is 10.2. The number of amides is 2. The molecule has 0 atom stereocenters. The minimum absolute atomic E-state index is 0.0558. The molecule has 0 fully saturated rings. The molecule has 1 aliphatic heterocycles. The molecule has 0 saturated carbocycles. The van der Waals surface area contributed by atoms with Crippen molar-refractivity contribution in [3.8, 4) is 0 Å². The van der Waals surface area contributed by atoms with Crippen LogP contribution >= 0.6 is 0 Å². The van der Waals surface area contributed by atoms with E-state index in [0.717, 1.165) is 5.56 Å². The molecule has 0 spiro atoms. The van der Waals surface area contributed by atoms with Gasteiger partial charge in [-0.25, -0.2) is 0 Å². The van der Waals surface area contributed by atoms with E-state index in [9.17, 15) is 9.59 Å². The van der Waals surface area contributed by atoms with E-state index in [2.05, 4.69) is 15.8 Å². The third-order valence-corrected chi connectivity index (χ3v) is 2.87. The van der Waals surface area contributed by atoms with Crippen LogP contribution in [0.15, 0.2) is 28.8 Å². The molecule has 1 aromatic heterocycles. The van der Waals surface area contributed by atoms with Gasteiger partial charge >= 0.3 is 0 Å². The number of hydrogen-bond acceptors (Lipinski definition) is 4. The number of carbonyl (C=O) groups excluding carboxylic acids is 2. The van der Waals surface area contributed by atoms with Crippen molar-refractivity contribution >= 4 is 23.3 Å². The third-order valence-electron chi connectivity index (χ3n) is 2.87. The molecule has 19 heavy (non-hydrogen) atoms. The number of hydrogen-bond donors (Lipinski definition) is 2. The molecule has 6 heteroatoms. The van der Waals surface area contributed by atoms with Crippen molar-refractivity contribution < 1.29 is 14.1 Å². The SMILES string of the molecule is Cc1cc(NC(=O)c2ccc3c(c2)NC(=O)C3)no1. The van der Waals surface area contributed by atoms with Crippen LogP contribution in [0, 0.1) is 6.92 Å². The molecular weight excluding hydrogens is 246 g/mol. The largest absolute Gasteiger partial charge is 0.360 e. The molecule has 1 aliphatic rings. The summed E-state index contributed by atoms with van der Waals surface area (Å²) in [5, 5.41) is 9.02. The van der Waals surface area contributed by atoms with Gasteiger partial charge in [0, 0.05) is 17.3 Å². The molecule has 2 heterocycles. The normalized spacial score (nSPS) is 13.0. The summed E-state index contributed by atoms with van der Waals surface area (Å²) in [5.74, 6) is 0.639. The lowest BCUT2D eigenvalue weighted by Gasteiger charge is -2.04. The van der Waals surface area contributed by atoms with E-state index < -0.39 is 0 Å². The van der Waals surface area contributed by atoms with Gasteiger partial charge in [0.1, 0.15) is 5.76 Å². The van der Waals surface area contributed by atoms with Crippen LogP contribution in [0.3, 0.4) is 0 Å². The lowest BCUT2D eigenvalue weighted by Crippen LogP contribution is -2.12. The van der Waals surface area contributed by atoms with E-state index in [1.807, 2.05) is 0 Å². The van der Waals surface area contributed by atoms with E-state index in [0.29, 0.717) is 29.2 Å². The summed E-state index contributed by atoms with van der Waals surface area (Å²) < 4.78 is 4.87. The van der Waals surface area contributed by atoms with Crippen LogP contribution in [-0.4, -0.2) is 17.0 Å². The highest BCUT2D eigenvalue weighted by Gasteiger charge is 2.19. The highest BCUT2D eigenvalue weighted by molar-refractivity contribution is 6.06. The Labute approximate surface area is 108 Å². The first kappa shape index (κ1) is 11.5. The Morgan fingerprint density at radius 2 is 2.26 bits per heavy atom. The van der Waals surface area contributed by atoms with Crippen molar-refractivity contribution in [3.05, 3.63) is 41.2 Å². The maximum Gasteiger partial charge on any atom is 0.256 e. The second-order valence-corrected chi connectivity index (χ2v) is 4.37. The average Bonchev–Trinajstić information content (AvgIpc) is 2.93. The predicted molar refractivity (Wildman–Crippen MR) is 68.0 cm³/mol. The van der Waals surface area contributed by atoms with Gasteiger partial charge in [0.15, 0.2) is 5.82 Å². The van der Waals surface area contributed by atoms with Gasteiger partial charge in [-0.3, -0.25) is 9.59 Å². The Bertz CT molecular complexity index is 676. The van der Waals surface area contributed by atoms with Gasteiger partial charge in [0.05, 0.1) is 6.42 Å². The molecule has 0 aliphatic carbocycles. The van der Waals surface area contributed by atoms with Crippen LogP contribution in [0.2, 0.25) is 0 Å². The standard InChI is InChI=1S/C13H11N3O3/c1-7-4-11(16-19-7)15-13(18)9-3-2-8-6-12(17)14-10(8)5-9/h2-5H,6H2,1H3,(H,14,17)(H,15,16,18). The third kappa shape index (κ3) is 2.20. The fourth-order valence-corrected chi connectivity index (χ4v) is 1.97. The lowest BCUT2D eigenvalue weighted by atomic mass is 10.1. The van der Waals surface area contributed by atoms with Gasteiger partial charge in [-0.2, -0.15) is 0 Å². The quantitative estimate of drug-likeness (QED) is 0.858. The molecule has 2 amide bonds. The van der Waals surface area contributed by atoms with Crippen molar-refractivity contribution in [1.29, 1.82) is 0 Å². The molecule has 3 rings (SSSR count). The predicted octanol–water partition coefficient (Wildman–Crippen LogP) is 1.73. The topological polar surface area (TPSA) is 84.2 Å². The first-order valence-corrected chi connectivity index (χ1v) is 5.79. The fourth-order valence-electron chi connectivity index (χ4n) is 1.97. The molecular formula is C13H11N3O3. The summed E-state index contributed by atoms with van der Waals surface area (Å²) in [4.78, 5) is 23.2. The van der Waals surface area contributed by atoms with Gasteiger partial charge in [-0.1, -0.05) is 11.2 Å². The fraction of sp³-hybridized carbons (Fsp3) is 0.154. The number of benzene rings is 1. The minimum Gasteiger partial charge on any atom is -0.360 e. The summed E-state index contributed by atoms with van der Waals surface area (Å²) in [6.45, 7) is 1.74. The van der Waals surface area contributed by atoms with Gasteiger partial charge in [0.2, 0.25) is 5.91 Å². The molecule has 96 valence electrons. The molecule has 1 aromatic carbocycles. The molecule has 2 N–H and O–H groups in total. The monoisotopic (exact) mass is 257 g/mol. The zero-order valence-electron chi connectivity index (χ0n) is 10.2. The second-order valence-electron chi connectivity index (χ2n) is 4.37. The second kappa shape index (κ2) is 4.24. The number of nitrogens with one attached hydrogen (secondary N) is 2. The summed E-state index contributed by atoms with van der Waals surface area (Å²) >= 11 is 0. The van der Waals surface area contributed by atoms with Gasteiger partial charge in [0.25, 0.3) is 5.91 Å². The van der Waals surface area contributed by atoms with E-state index in [1.54, 1.807) is 31.2 Å². The first-order chi connectivity index (χ1) is 9.11. The smallest absolute Gasteiger partial charge is 0.256 e. The van der Waals surface area contributed by atoms with Crippen molar-refractivity contribution in [2.45, 2.75) is 13.3 Å². The van der Waals surface area contributed by atoms with Crippen LogP contribution in [0.25, 0.3) is 0 Å². The number of nitrogens with zero attached hydrogens (tertiary/aromatic N) is 1. The molecule has 0 unspecified atom stereocenters. The number of anilines is 2. The minimum atomic E-state index is -0.294. The van der Waals surface area contributed by atoms with E-state index in [1.165, 1.54) is 0 Å². The maximum atomic E-state index is 12.0. The first-order valence-electron chi connectivity index (χ1n) is 5.79. The number of fused-ring (bicyclic) bond motifs is 1. The van der Waals surface area contributed by atoms with E-state index in [-0.39, 0.29) is 11.8 Å². The van der Waals surface area contributed by atoms with Crippen molar-refractivity contribution in [2.24, 2.45) is 0 Å². The Balaban J connectivity index is 1.81. The number of aryl methyl sites for hydroxylation is 1. The van der Waals surface area contributed by atoms with E-state index in [4.69, 9.17) is 4.52 Å². The Hall–Kier alpha value is -2.63.